The highest BCUT2D eigenvalue weighted by molar-refractivity contribution is 7.98. The van der Waals surface area contributed by atoms with Gasteiger partial charge >= 0.3 is 0 Å². The van der Waals surface area contributed by atoms with Gasteiger partial charge in [0.1, 0.15) is 0 Å². The molecule has 21 heavy (non-hydrogen) atoms. The number of oxazole rings is 1. The van der Waals surface area contributed by atoms with Crippen molar-refractivity contribution in [1.29, 1.82) is 0 Å². The van der Waals surface area contributed by atoms with E-state index in [-0.39, 0.29) is 5.54 Å². The van der Waals surface area contributed by atoms with Crippen LogP contribution in [0.1, 0.15) is 33.1 Å². The predicted molar refractivity (Wildman–Crippen MR) is 89.8 cm³/mol. The molecule has 0 saturated carbocycles. The monoisotopic (exact) mass is 304 g/mol. The molecule has 0 radical (unpaired) electrons. The normalized spacial score (nSPS) is 11.8. The van der Waals surface area contributed by atoms with Gasteiger partial charge in [-0.15, -0.1) is 11.8 Å². The molecule has 0 saturated heterocycles. The van der Waals surface area contributed by atoms with E-state index in [2.05, 4.69) is 49.5 Å². The number of hydrogen-bond acceptors (Lipinski definition) is 4. The van der Waals surface area contributed by atoms with Crippen LogP contribution < -0.4 is 5.32 Å². The smallest absolute Gasteiger partial charge is 0.194 e. The van der Waals surface area contributed by atoms with Gasteiger partial charge in [-0.05, 0) is 46.1 Å². The number of nitrogens with zero attached hydrogens (tertiary/aromatic N) is 1. The van der Waals surface area contributed by atoms with E-state index in [9.17, 15) is 0 Å². The number of hydrogen-bond donors (Lipinski definition) is 1. The molecule has 0 amide bonds. The zero-order valence-electron chi connectivity index (χ0n) is 13.3. The number of aromatic nitrogens is 1. The minimum Gasteiger partial charge on any atom is -0.441 e. The van der Waals surface area contributed by atoms with E-state index in [4.69, 9.17) is 4.42 Å². The maximum atomic E-state index is 5.89. The molecule has 3 nitrogen and oxygen atoms in total. The second kappa shape index (κ2) is 7.14. The van der Waals surface area contributed by atoms with Crippen molar-refractivity contribution in [3.63, 3.8) is 0 Å². The molecule has 0 unspecified atom stereocenters. The van der Waals surface area contributed by atoms with Crippen LogP contribution in [0.15, 0.2) is 39.8 Å². The first-order valence-corrected chi connectivity index (χ1v) is 8.55. The fourth-order valence-corrected chi connectivity index (χ4v) is 2.70. The number of nitrogens with one attached hydrogen (secondary N) is 1. The Morgan fingerprint density at radius 3 is 2.71 bits per heavy atom. The zero-order chi connectivity index (χ0) is 15.3. The first kappa shape index (κ1) is 16.1. The fraction of sp³-hybridized carbons (Fsp3) is 0.471. The molecular weight excluding hydrogens is 280 g/mol. The lowest BCUT2D eigenvalue weighted by molar-refractivity contribution is 0.412. The van der Waals surface area contributed by atoms with Gasteiger partial charge in [0.05, 0.1) is 6.20 Å². The third-order valence-electron chi connectivity index (χ3n) is 3.15. The quantitative estimate of drug-likeness (QED) is 0.634. The summed E-state index contributed by atoms with van der Waals surface area (Å²) in [6.45, 7) is 7.50. The number of aryl methyl sites for hydroxylation is 1. The summed E-state index contributed by atoms with van der Waals surface area (Å²) >= 11 is 1.73. The lowest BCUT2D eigenvalue weighted by atomic mass is 10.1. The van der Waals surface area contributed by atoms with E-state index in [1.165, 1.54) is 4.90 Å². The van der Waals surface area contributed by atoms with Gasteiger partial charge in [0.15, 0.2) is 11.7 Å². The fourth-order valence-electron chi connectivity index (χ4n) is 2.10. The first-order valence-electron chi connectivity index (χ1n) is 7.33. The summed E-state index contributed by atoms with van der Waals surface area (Å²) in [7, 11) is 0. The third-order valence-corrected chi connectivity index (χ3v) is 3.94. The lowest BCUT2D eigenvalue weighted by Crippen LogP contribution is -2.36. The third kappa shape index (κ3) is 4.90. The van der Waals surface area contributed by atoms with Gasteiger partial charge in [0.2, 0.25) is 0 Å². The van der Waals surface area contributed by atoms with E-state index in [1.807, 2.05) is 18.3 Å². The molecule has 1 aromatic heterocycles. The van der Waals surface area contributed by atoms with E-state index in [0.717, 1.165) is 36.6 Å². The Hall–Kier alpha value is -1.26. The summed E-state index contributed by atoms with van der Waals surface area (Å²) in [6, 6.07) is 8.27. The van der Waals surface area contributed by atoms with Crippen LogP contribution >= 0.6 is 11.8 Å². The standard InChI is InChI=1S/C17H24N2OS/c1-17(2,3)19-11-7-10-16-18-12-14(20-16)13-8-5-6-9-15(13)21-4/h5-6,8-9,12,19H,7,10-11H2,1-4H3. The molecule has 0 aliphatic heterocycles. The van der Waals surface area contributed by atoms with Gasteiger partial charge in [0.25, 0.3) is 0 Å². The molecule has 1 aromatic carbocycles. The van der Waals surface area contributed by atoms with E-state index < -0.39 is 0 Å². The van der Waals surface area contributed by atoms with Gasteiger partial charge in [-0.2, -0.15) is 0 Å². The molecule has 0 atom stereocenters. The molecule has 0 aliphatic rings. The van der Waals surface area contributed by atoms with Crippen molar-refractivity contribution >= 4 is 11.8 Å². The number of rotatable bonds is 6. The van der Waals surface area contributed by atoms with Crippen molar-refractivity contribution in [3.05, 3.63) is 36.4 Å². The van der Waals surface area contributed by atoms with Crippen LogP contribution in [-0.4, -0.2) is 23.3 Å². The molecule has 0 fully saturated rings. The summed E-state index contributed by atoms with van der Waals surface area (Å²) in [5.41, 5.74) is 1.29. The van der Waals surface area contributed by atoms with Crippen LogP contribution in [0.25, 0.3) is 11.3 Å². The number of benzene rings is 1. The molecule has 0 aliphatic carbocycles. The average molecular weight is 304 g/mol. The van der Waals surface area contributed by atoms with Crippen LogP contribution in [0.4, 0.5) is 0 Å². The summed E-state index contributed by atoms with van der Waals surface area (Å²) < 4.78 is 5.89. The molecule has 114 valence electrons. The molecule has 2 rings (SSSR count). The topological polar surface area (TPSA) is 38.1 Å². The van der Waals surface area contributed by atoms with Crippen molar-refractivity contribution in [2.75, 3.05) is 12.8 Å². The molecule has 4 heteroatoms. The molecule has 0 spiro atoms. The Labute approximate surface area is 131 Å². The van der Waals surface area contributed by atoms with Gasteiger partial charge in [0, 0.05) is 22.4 Å². The Morgan fingerprint density at radius 2 is 2.00 bits per heavy atom. The minimum absolute atomic E-state index is 0.166. The molecule has 0 bridgehead atoms. The highest BCUT2D eigenvalue weighted by atomic mass is 32.2. The number of thioether (sulfide) groups is 1. The predicted octanol–water partition coefficient (Wildman–Crippen LogP) is 4.38. The Morgan fingerprint density at radius 1 is 1.24 bits per heavy atom. The van der Waals surface area contributed by atoms with Gasteiger partial charge < -0.3 is 9.73 Å². The SMILES string of the molecule is CSc1ccccc1-c1cnc(CCCNC(C)(C)C)o1. The average Bonchev–Trinajstić information content (AvgIpc) is 2.91. The molecule has 1 N–H and O–H groups in total. The molecular formula is C17H24N2OS. The van der Waals surface area contributed by atoms with Crippen LogP contribution in [-0.2, 0) is 6.42 Å². The van der Waals surface area contributed by atoms with Crippen molar-refractivity contribution in [1.82, 2.24) is 10.3 Å². The summed E-state index contributed by atoms with van der Waals surface area (Å²) in [6.07, 6.45) is 5.81. The van der Waals surface area contributed by atoms with Gasteiger partial charge in [-0.1, -0.05) is 18.2 Å². The largest absolute Gasteiger partial charge is 0.441 e. The summed E-state index contributed by atoms with van der Waals surface area (Å²) in [5, 5.41) is 3.48. The highest BCUT2D eigenvalue weighted by Crippen LogP contribution is 2.30. The maximum Gasteiger partial charge on any atom is 0.194 e. The van der Waals surface area contributed by atoms with Crippen molar-refractivity contribution in [3.8, 4) is 11.3 Å². The summed E-state index contributed by atoms with van der Waals surface area (Å²) in [4.78, 5) is 5.62. The first-order chi connectivity index (χ1) is 9.99. The minimum atomic E-state index is 0.166. The van der Waals surface area contributed by atoms with Crippen molar-refractivity contribution in [2.45, 2.75) is 44.0 Å². The second-order valence-corrected chi connectivity index (χ2v) is 6.95. The lowest BCUT2D eigenvalue weighted by Gasteiger charge is -2.20. The van der Waals surface area contributed by atoms with Gasteiger partial charge in [-0.3, -0.25) is 0 Å². The highest BCUT2D eigenvalue weighted by Gasteiger charge is 2.11. The van der Waals surface area contributed by atoms with Gasteiger partial charge in [-0.25, -0.2) is 4.98 Å². The Kier molecular flexibility index (Phi) is 5.48. The van der Waals surface area contributed by atoms with Crippen LogP contribution in [0, 0.1) is 0 Å². The Balaban J connectivity index is 1.95. The van der Waals surface area contributed by atoms with Crippen molar-refractivity contribution < 1.29 is 4.42 Å². The van der Waals surface area contributed by atoms with Crippen molar-refractivity contribution in [2.24, 2.45) is 0 Å². The summed E-state index contributed by atoms with van der Waals surface area (Å²) in [5.74, 6) is 1.68. The van der Waals surface area contributed by atoms with E-state index >= 15 is 0 Å². The second-order valence-electron chi connectivity index (χ2n) is 6.10. The Bertz CT molecular complexity index is 572. The van der Waals surface area contributed by atoms with E-state index in [0.29, 0.717) is 0 Å². The van der Waals surface area contributed by atoms with Crippen LogP contribution in [0.3, 0.4) is 0 Å². The van der Waals surface area contributed by atoms with Crippen LogP contribution in [0.2, 0.25) is 0 Å². The van der Waals surface area contributed by atoms with E-state index in [1.54, 1.807) is 11.8 Å². The maximum absolute atomic E-state index is 5.89. The molecule has 2 aromatic rings. The van der Waals surface area contributed by atoms with Crippen LogP contribution in [0.5, 0.6) is 0 Å². The molecule has 1 heterocycles. The zero-order valence-corrected chi connectivity index (χ0v) is 14.1.